The van der Waals surface area contributed by atoms with Crippen LogP contribution in [0.15, 0.2) is 0 Å². The Hall–Kier alpha value is -0.830. The number of rotatable bonds is 2. The number of hydrogen-bond donors (Lipinski definition) is 2. The maximum atomic E-state index is 6.23. The van der Waals surface area contributed by atoms with Crippen molar-refractivity contribution >= 4 is 0 Å². The minimum absolute atomic E-state index is 0.0294. The SMILES string of the molecule is CC(C)[C@H](N)c1nc2c([nH]1)C1CCC2(C)C1(C)C. The van der Waals surface area contributed by atoms with E-state index in [1.165, 1.54) is 24.2 Å². The van der Waals surface area contributed by atoms with Crippen LogP contribution >= 0.6 is 0 Å². The molecule has 3 atom stereocenters. The molecule has 1 aromatic heterocycles. The van der Waals surface area contributed by atoms with Crippen LogP contribution in [0.2, 0.25) is 0 Å². The molecule has 1 heterocycles. The van der Waals surface area contributed by atoms with Crippen molar-refractivity contribution in [2.24, 2.45) is 17.1 Å². The molecule has 3 nitrogen and oxygen atoms in total. The van der Waals surface area contributed by atoms with Crippen LogP contribution in [0.4, 0.5) is 0 Å². The molecule has 100 valence electrons. The first-order chi connectivity index (χ1) is 8.29. The number of aromatic nitrogens is 2. The maximum absolute atomic E-state index is 6.23. The van der Waals surface area contributed by atoms with Gasteiger partial charge in [0.2, 0.25) is 0 Å². The summed E-state index contributed by atoms with van der Waals surface area (Å²) in [6.07, 6.45) is 2.55. The van der Waals surface area contributed by atoms with E-state index >= 15 is 0 Å². The van der Waals surface area contributed by atoms with Crippen LogP contribution in [-0.2, 0) is 5.41 Å². The molecule has 0 amide bonds. The Labute approximate surface area is 110 Å². The summed E-state index contributed by atoms with van der Waals surface area (Å²) in [4.78, 5) is 8.43. The summed E-state index contributed by atoms with van der Waals surface area (Å²) in [5.74, 6) is 2.05. The molecule has 1 fully saturated rings. The van der Waals surface area contributed by atoms with Gasteiger partial charge in [-0.1, -0.05) is 34.6 Å². The summed E-state index contributed by atoms with van der Waals surface area (Å²) < 4.78 is 0. The first-order valence-electron chi connectivity index (χ1n) is 7.15. The number of aromatic amines is 1. The largest absolute Gasteiger partial charge is 0.344 e. The number of imidazole rings is 1. The van der Waals surface area contributed by atoms with Gasteiger partial charge < -0.3 is 10.7 Å². The van der Waals surface area contributed by atoms with E-state index in [1.54, 1.807) is 0 Å². The van der Waals surface area contributed by atoms with E-state index in [9.17, 15) is 0 Å². The van der Waals surface area contributed by atoms with Gasteiger partial charge in [0.05, 0.1) is 11.7 Å². The molecule has 3 heteroatoms. The second-order valence-electron chi connectivity index (χ2n) is 7.30. The Morgan fingerprint density at radius 3 is 2.56 bits per heavy atom. The lowest BCUT2D eigenvalue weighted by atomic mass is 9.70. The molecule has 1 saturated carbocycles. The molecule has 3 N–H and O–H groups in total. The normalized spacial score (nSPS) is 34.1. The topological polar surface area (TPSA) is 54.7 Å². The molecule has 2 aliphatic rings. The molecule has 0 saturated heterocycles. The third-order valence-electron chi connectivity index (χ3n) is 5.88. The lowest BCUT2D eigenvalue weighted by molar-refractivity contribution is 0.224. The van der Waals surface area contributed by atoms with E-state index in [4.69, 9.17) is 10.7 Å². The van der Waals surface area contributed by atoms with E-state index < -0.39 is 0 Å². The molecule has 18 heavy (non-hydrogen) atoms. The Morgan fingerprint density at radius 1 is 1.33 bits per heavy atom. The molecule has 0 spiro atoms. The highest BCUT2D eigenvalue weighted by atomic mass is 15.0. The number of fused-ring (bicyclic) bond motifs is 5. The van der Waals surface area contributed by atoms with Gasteiger partial charge in [-0.3, -0.25) is 0 Å². The van der Waals surface area contributed by atoms with Gasteiger partial charge in [0.25, 0.3) is 0 Å². The maximum Gasteiger partial charge on any atom is 0.123 e. The highest BCUT2D eigenvalue weighted by molar-refractivity contribution is 5.42. The van der Waals surface area contributed by atoms with Gasteiger partial charge in [0.15, 0.2) is 0 Å². The first kappa shape index (κ1) is 12.2. The van der Waals surface area contributed by atoms with Crippen molar-refractivity contribution in [2.75, 3.05) is 0 Å². The number of nitrogens with two attached hydrogens (primary N) is 1. The molecular weight excluding hydrogens is 222 g/mol. The zero-order chi connectivity index (χ0) is 13.3. The van der Waals surface area contributed by atoms with Crippen LogP contribution in [0.3, 0.4) is 0 Å². The van der Waals surface area contributed by atoms with Crippen molar-refractivity contribution < 1.29 is 0 Å². The summed E-state index contributed by atoms with van der Waals surface area (Å²) >= 11 is 0. The second-order valence-corrected chi connectivity index (χ2v) is 7.30. The third-order valence-corrected chi connectivity index (χ3v) is 5.88. The van der Waals surface area contributed by atoms with Crippen LogP contribution in [-0.4, -0.2) is 9.97 Å². The van der Waals surface area contributed by atoms with E-state index in [-0.39, 0.29) is 11.5 Å². The summed E-state index contributed by atoms with van der Waals surface area (Å²) in [6, 6.07) is 0.0294. The fraction of sp³-hybridized carbons (Fsp3) is 0.800. The highest BCUT2D eigenvalue weighted by Gasteiger charge is 2.61. The summed E-state index contributed by atoms with van der Waals surface area (Å²) in [5.41, 5.74) is 9.47. The Kier molecular flexibility index (Phi) is 2.30. The minimum atomic E-state index is 0.0294. The van der Waals surface area contributed by atoms with Crippen molar-refractivity contribution in [2.45, 2.75) is 64.8 Å². The lowest BCUT2D eigenvalue weighted by Crippen LogP contribution is -2.32. The number of nitrogens with one attached hydrogen (secondary N) is 1. The van der Waals surface area contributed by atoms with Crippen LogP contribution in [0.5, 0.6) is 0 Å². The molecule has 0 radical (unpaired) electrons. The summed E-state index contributed by atoms with van der Waals surface area (Å²) in [5, 5.41) is 0. The zero-order valence-electron chi connectivity index (χ0n) is 12.2. The molecule has 2 bridgehead atoms. The van der Waals surface area contributed by atoms with E-state index in [2.05, 4.69) is 39.6 Å². The average molecular weight is 247 g/mol. The zero-order valence-corrected chi connectivity index (χ0v) is 12.2. The van der Waals surface area contributed by atoms with Crippen molar-refractivity contribution in [3.05, 3.63) is 17.2 Å². The van der Waals surface area contributed by atoms with Gasteiger partial charge in [-0.25, -0.2) is 4.98 Å². The molecule has 3 rings (SSSR count). The molecule has 1 aromatic rings. The van der Waals surface area contributed by atoms with Gasteiger partial charge in [-0.2, -0.15) is 0 Å². The molecule has 2 unspecified atom stereocenters. The summed E-state index contributed by atoms with van der Waals surface area (Å²) in [7, 11) is 0. The van der Waals surface area contributed by atoms with Crippen LogP contribution in [0.1, 0.15) is 76.6 Å². The fourth-order valence-electron chi connectivity index (χ4n) is 3.98. The highest BCUT2D eigenvalue weighted by Crippen LogP contribution is 2.66. The predicted octanol–water partition coefficient (Wildman–Crippen LogP) is 3.24. The van der Waals surface area contributed by atoms with Gasteiger partial charge in [-0.05, 0) is 24.2 Å². The van der Waals surface area contributed by atoms with Crippen molar-refractivity contribution in [3.8, 4) is 0 Å². The van der Waals surface area contributed by atoms with E-state index in [1.807, 2.05) is 0 Å². The standard InChI is InChI=1S/C15H25N3/c1-8(2)10(16)13-17-11-9-6-7-15(5,12(11)18-13)14(9,3)4/h8-10H,6-7,16H2,1-5H3,(H,17,18)/t9?,10-,15?/m0/s1. The smallest absolute Gasteiger partial charge is 0.123 e. The number of H-pyrrole nitrogens is 1. The Bertz CT molecular complexity index is 486. The average Bonchev–Trinajstić information content (AvgIpc) is 2.85. The van der Waals surface area contributed by atoms with Crippen LogP contribution in [0.25, 0.3) is 0 Å². The first-order valence-corrected chi connectivity index (χ1v) is 7.15. The lowest BCUT2D eigenvalue weighted by Gasteiger charge is -2.34. The van der Waals surface area contributed by atoms with E-state index in [0.717, 1.165) is 5.82 Å². The predicted molar refractivity (Wildman–Crippen MR) is 73.5 cm³/mol. The van der Waals surface area contributed by atoms with Crippen LogP contribution in [0, 0.1) is 11.3 Å². The van der Waals surface area contributed by atoms with Crippen LogP contribution < -0.4 is 5.73 Å². The third kappa shape index (κ3) is 1.21. The molecule has 0 aromatic carbocycles. The molecule has 2 aliphatic carbocycles. The van der Waals surface area contributed by atoms with Gasteiger partial charge in [0, 0.05) is 17.0 Å². The molecular formula is C15H25N3. The van der Waals surface area contributed by atoms with E-state index in [0.29, 0.717) is 17.3 Å². The quantitative estimate of drug-likeness (QED) is 0.843. The van der Waals surface area contributed by atoms with Crippen molar-refractivity contribution in [3.63, 3.8) is 0 Å². The Morgan fingerprint density at radius 2 is 2.00 bits per heavy atom. The van der Waals surface area contributed by atoms with Crippen molar-refractivity contribution in [1.82, 2.24) is 9.97 Å². The number of hydrogen-bond acceptors (Lipinski definition) is 2. The van der Waals surface area contributed by atoms with Gasteiger partial charge >= 0.3 is 0 Å². The van der Waals surface area contributed by atoms with Crippen molar-refractivity contribution in [1.29, 1.82) is 0 Å². The summed E-state index contributed by atoms with van der Waals surface area (Å²) in [6.45, 7) is 11.5. The monoisotopic (exact) mass is 247 g/mol. The van der Waals surface area contributed by atoms with Gasteiger partial charge in [-0.15, -0.1) is 0 Å². The van der Waals surface area contributed by atoms with Gasteiger partial charge in [0.1, 0.15) is 5.82 Å². The number of nitrogens with zero attached hydrogens (tertiary/aromatic N) is 1. The Balaban J connectivity index is 2.07. The molecule has 0 aliphatic heterocycles. The second kappa shape index (κ2) is 3.38. The minimum Gasteiger partial charge on any atom is -0.344 e. The fourth-order valence-corrected chi connectivity index (χ4v) is 3.98.